The van der Waals surface area contributed by atoms with E-state index in [2.05, 4.69) is 15.3 Å². The maximum Gasteiger partial charge on any atom is 0.338 e. The van der Waals surface area contributed by atoms with Crippen molar-refractivity contribution in [2.45, 2.75) is 0 Å². The Morgan fingerprint density at radius 1 is 0.929 bits per heavy atom. The topological polar surface area (TPSA) is 84.1 Å². The van der Waals surface area contributed by atoms with Gasteiger partial charge in [0.25, 0.3) is 5.91 Å². The summed E-state index contributed by atoms with van der Waals surface area (Å²) in [7, 11) is 0. The number of nitrogens with one attached hydrogen (secondary N) is 2. The predicted molar refractivity (Wildman–Crippen MR) is 107 cm³/mol. The normalized spacial score (nSPS) is 10.6. The van der Waals surface area contributed by atoms with Gasteiger partial charge < -0.3 is 15.0 Å². The van der Waals surface area contributed by atoms with Crippen molar-refractivity contribution in [1.82, 2.24) is 9.97 Å². The van der Waals surface area contributed by atoms with Crippen LogP contribution >= 0.6 is 0 Å². The lowest BCUT2D eigenvalue weighted by Crippen LogP contribution is -2.20. The molecule has 1 heterocycles. The largest absolute Gasteiger partial charge is 0.452 e. The molecule has 2 N–H and O–H groups in total. The van der Waals surface area contributed by atoms with Crippen LogP contribution in [0, 0.1) is 0 Å². The Morgan fingerprint density at radius 3 is 2.39 bits per heavy atom. The molecule has 4 rings (SSSR count). The van der Waals surface area contributed by atoms with Crippen molar-refractivity contribution in [3.8, 4) is 11.4 Å². The number of nitrogens with zero attached hydrogens (tertiary/aromatic N) is 1. The van der Waals surface area contributed by atoms with Gasteiger partial charge in [-0.3, -0.25) is 4.79 Å². The van der Waals surface area contributed by atoms with Gasteiger partial charge in [0.1, 0.15) is 5.82 Å². The molecule has 0 bridgehead atoms. The van der Waals surface area contributed by atoms with Crippen molar-refractivity contribution in [2.24, 2.45) is 0 Å². The van der Waals surface area contributed by atoms with Crippen molar-refractivity contribution in [3.63, 3.8) is 0 Å². The summed E-state index contributed by atoms with van der Waals surface area (Å²) in [5, 5.41) is 2.67. The average Bonchev–Trinajstić information content (AvgIpc) is 3.17. The molecule has 1 amide bonds. The summed E-state index contributed by atoms with van der Waals surface area (Å²) >= 11 is 0. The quantitative estimate of drug-likeness (QED) is 0.519. The van der Waals surface area contributed by atoms with Gasteiger partial charge in [-0.15, -0.1) is 0 Å². The molecule has 0 unspecified atom stereocenters. The number of ether oxygens (including phenoxy) is 1. The minimum Gasteiger partial charge on any atom is -0.452 e. The van der Waals surface area contributed by atoms with E-state index in [0.717, 1.165) is 22.4 Å². The zero-order valence-corrected chi connectivity index (χ0v) is 14.9. The molecule has 28 heavy (non-hydrogen) atoms. The van der Waals surface area contributed by atoms with E-state index in [4.69, 9.17) is 4.74 Å². The van der Waals surface area contributed by atoms with Crippen LogP contribution < -0.4 is 5.32 Å². The number of esters is 1. The van der Waals surface area contributed by atoms with E-state index >= 15 is 0 Å². The zero-order valence-electron chi connectivity index (χ0n) is 14.9. The molecule has 0 aliphatic heterocycles. The van der Waals surface area contributed by atoms with Crippen LogP contribution in [0.3, 0.4) is 0 Å². The molecule has 0 aliphatic rings. The third kappa shape index (κ3) is 3.91. The summed E-state index contributed by atoms with van der Waals surface area (Å²) in [5.74, 6) is -0.238. The second-order valence-electron chi connectivity index (χ2n) is 6.17. The Labute approximate surface area is 161 Å². The van der Waals surface area contributed by atoms with Gasteiger partial charge in [-0.05, 0) is 30.3 Å². The van der Waals surface area contributed by atoms with Crippen LogP contribution in [0.5, 0.6) is 0 Å². The highest BCUT2D eigenvalue weighted by molar-refractivity contribution is 5.97. The third-order valence-electron chi connectivity index (χ3n) is 4.16. The smallest absolute Gasteiger partial charge is 0.338 e. The molecule has 0 aliphatic carbocycles. The Kier molecular flexibility index (Phi) is 4.84. The summed E-state index contributed by atoms with van der Waals surface area (Å²) < 4.78 is 5.12. The fourth-order valence-corrected chi connectivity index (χ4v) is 2.80. The zero-order chi connectivity index (χ0) is 19.3. The molecule has 0 saturated heterocycles. The van der Waals surface area contributed by atoms with E-state index < -0.39 is 11.9 Å². The molecule has 0 radical (unpaired) electrons. The average molecular weight is 371 g/mol. The van der Waals surface area contributed by atoms with Crippen molar-refractivity contribution in [1.29, 1.82) is 0 Å². The highest BCUT2D eigenvalue weighted by atomic mass is 16.5. The number of rotatable bonds is 5. The summed E-state index contributed by atoms with van der Waals surface area (Å²) in [6.07, 6.45) is 0. The van der Waals surface area contributed by atoms with Gasteiger partial charge in [-0.2, -0.15) is 0 Å². The number of aromatic amines is 1. The molecular weight excluding hydrogens is 354 g/mol. The first-order valence-electron chi connectivity index (χ1n) is 8.76. The van der Waals surface area contributed by atoms with E-state index in [1.807, 2.05) is 48.5 Å². The molecule has 0 spiro atoms. The lowest BCUT2D eigenvalue weighted by atomic mass is 10.2. The second kappa shape index (κ2) is 7.75. The van der Waals surface area contributed by atoms with E-state index in [9.17, 15) is 9.59 Å². The number of anilines is 1. The molecule has 0 fully saturated rings. The van der Waals surface area contributed by atoms with E-state index in [-0.39, 0.29) is 6.61 Å². The van der Waals surface area contributed by atoms with Gasteiger partial charge in [0.05, 0.1) is 16.6 Å². The Bertz CT molecular complexity index is 1120. The van der Waals surface area contributed by atoms with E-state index in [0.29, 0.717) is 11.3 Å². The van der Waals surface area contributed by atoms with Crippen LogP contribution in [-0.4, -0.2) is 28.5 Å². The molecular formula is C22H17N3O3. The van der Waals surface area contributed by atoms with Gasteiger partial charge in [0.15, 0.2) is 6.61 Å². The highest BCUT2D eigenvalue weighted by Crippen LogP contribution is 2.21. The molecule has 6 nitrogen and oxygen atoms in total. The van der Waals surface area contributed by atoms with Gasteiger partial charge in [0.2, 0.25) is 0 Å². The number of carbonyl (C=O) groups is 2. The monoisotopic (exact) mass is 371 g/mol. The Balaban J connectivity index is 1.43. The van der Waals surface area contributed by atoms with Crippen LogP contribution in [0.1, 0.15) is 10.4 Å². The number of hydrogen-bond acceptors (Lipinski definition) is 4. The maximum atomic E-state index is 12.3. The highest BCUT2D eigenvalue weighted by Gasteiger charge is 2.13. The fourth-order valence-electron chi connectivity index (χ4n) is 2.80. The third-order valence-corrected chi connectivity index (χ3v) is 4.16. The first kappa shape index (κ1) is 17.5. The van der Waals surface area contributed by atoms with Crippen LogP contribution in [0.25, 0.3) is 22.4 Å². The van der Waals surface area contributed by atoms with Gasteiger partial charge in [-0.25, -0.2) is 9.78 Å². The van der Waals surface area contributed by atoms with E-state index in [1.54, 1.807) is 30.3 Å². The van der Waals surface area contributed by atoms with Gasteiger partial charge >= 0.3 is 5.97 Å². The predicted octanol–water partition coefficient (Wildman–Crippen LogP) is 4.03. The minimum absolute atomic E-state index is 0.350. The SMILES string of the molecule is O=C(COC(=O)c1ccc2nc(-c3ccccc3)[nH]c2c1)Nc1ccccc1. The molecule has 3 aromatic carbocycles. The number of fused-ring (bicyclic) bond motifs is 1. The fraction of sp³-hybridized carbons (Fsp3) is 0.0455. The second-order valence-corrected chi connectivity index (χ2v) is 6.17. The Morgan fingerprint density at radius 2 is 1.64 bits per heavy atom. The molecule has 0 saturated carbocycles. The van der Waals surface area contributed by atoms with Crippen molar-refractivity contribution < 1.29 is 14.3 Å². The number of amides is 1. The lowest BCUT2D eigenvalue weighted by molar-refractivity contribution is -0.119. The number of para-hydroxylation sites is 1. The summed E-state index contributed by atoms with van der Waals surface area (Å²) in [4.78, 5) is 31.9. The Hall–Kier alpha value is -3.93. The number of benzene rings is 3. The first-order valence-corrected chi connectivity index (χ1v) is 8.76. The summed E-state index contributed by atoms with van der Waals surface area (Å²) in [6.45, 7) is -0.357. The maximum absolute atomic E-state index is 12.3. The molecule has 138 valence electrons. The summed E-state index contributed by atoms with van der Waals surface area (Å²) in [6, 6.07) is 23.8. The standard InChI is InChI=1S/C22H17N3O3/c26-20(23-17-9-5-2-6-10-17)14-28-22(27)16-11-12-18-19(13-16)25-21(24-18)15-7-3-1-4-8-15/h1-13H,14H2,(H,23,26)(H,24,25). The molecule has 6 heteroatoms. The molecule has 4 aromatic rings. The molecule has 0 atom stereocenters. The van der Waals surface area contributed by atoms with Crippen molar-refractivity contribution in [2.75, 3.05) is 11.9 Å². The lowest BCUT2D eigenvalue weighted by Gasteiger charge is -2.06. The van der Waals surface area contributed by atoms with Gasteiger partial charge in [0, 0.05) is 11.3 Å². The number of imidazole rings is 1. The van der Waals surface area contributed by atoms with Crippen LogP contribution in [0.4, 0.5) is 5.69 Å². The minimum atomic E-state index is -0.569. The summed E-state index contributed by atoms with van der Waals surface area (Å²) in [5.41, 5.74) is 3.43. The van der Waals surface area contributed by atoms with Crippen LogP contribution in [-0.2, 0) is 9.53 Å². The van der Waals surface area contributed by atoms with Crippen molar-refractivity contribution in [3.05, 3.63) is 84.4 Å². The van der Waals surface area contributed by atoms with Gasteiger partial charge in [-0.1, -0.05) is 48.5 Å². The number of aromatic nitrogens is 2. The van der Waals surface area contributed by atoms with Crippen LogP contribution in [0.15, 0.2) is 78.9 Å². The number of carbonyl (C=O) groups excluding carboxylic acids is 2. The van der Waals surface area contributed by atoms with Crippen molar-refractivity contribution >= 4 is 28.6 Å². The first-order chi connectivity index (χ1) is 13.7. The number of H-pyrrole nitrogens is 1. The molecule has 1 aromatic heterocycles. The van der Waals surface area contributed by atoms with Crippen LogP contribution in [0.2, 0.25) is 0 Å². The number of hydrogen-bond donors (Lipinski definition) is 2. The van der Waals surface area contributed by atoms with E-state index in [1.165, 1.54) is 0 Å².